The van der Waals surface area contributed by atoms with Crippen LogP contribution in [0.3, 0.4) is 0 Å². The van der Waals surface area contributed by atoms with E-state index >= 15 is 0 Å². The Balaban J connectivity index is 1.82. The molecule has 1 aliphatic rings. The average Bonchev–Trinajstić information content (AvgIpc) is 3.24. The molecule has 0 bridgehead atoms. The Morgan fingerprint density at radius 1 is 1.32 bits per heavy atom. The number of hydrogen-bond acceptors (Lipinski definition) is 5. The molecule has 1 atom stereocenters. The normalized spacial score (nSPS) is 17.4. The highest BCUT2D eigenvalue weighted by Gasteiger charge is 2.33. The average molecular weight is 361 g/mol. The van der Waals surface area contributed by atoms with E-state index in [0.29, 0.717) is 17.9 Å². The summed E-state index contributed by atoms with van der Waals surface area (Å²) in [6.45, 7) is 3.04. The van der Waals surface area contributed by atoms with Crippen molar-refractivity contribution in [1.29, 1.82) is 0 Å². The fraction of sp³-hybridized carbons (Fsp3) is 0.294. The lowest BCUT2D eigenvalue weighted by Crippen LogP contribution is -2.23. The summed E-state index contributed by atoms with van der Waals surface area (Å²) in [5.41, 5.74) is 2.08. The molecule has 2 heterocycles. The van der Waals surface area contributed by atoms with Crippen molar-refractivity contribution < 1.29 is 17.6 Å². The SMILES string of the molecule is CCS(=O)(=O)Nc1ccc(C2=NN(C(C)=O)[C@H](c3ccco3)C2)cc1. The summed E-state index contributed by atoms with van der Waals surface area (Å²) in [6, 6.07) is 10.3. The van der Waals surface area contributed by atoms with Gasteiger partial charge >= 0.3 is 0 Å². The third-order valence-electron chi connectivity index (χ3n) is 3.98. The molecule has 0 aliphatic carbocycles. The molecule has 1 aliphatic heterocycles. The Kier molecular flexibility index (Phi) is 4.63. The lowest BCUT2D eigenvalue weighted by Gasteiger charge is -2.17. The zero-order valence-corrected chi connectivity index (χ0v) is 14.8. The van der Waals surface area contributed by atoms with Gasteiger partial charge < -0.3 is 4.42 Å². The number of benzene rings is 1. The second kappa shape index (κ2) is 6.72. The molecular weight excluding hydrogens is 342 g/mol. The second-order valence-corrected chi connectivity index (χ2v) is 7.74. The first kappa shape index (κ1) is 17.2. The number of hydrazone groups is 1. The van der Waals surface area contributed by atoms with Gasteiger partial charge in [0, 0.05) is 19.0 Å². The molecule has 1 aromatic heterocycles. The van der Waals surface area contributed by atoms with E-state index in [9.17, 15) is 13.2 Å². The minimum Gasteiger partial charge on any atom is -0.467 e. The number of amides is 1. The quantitative estimate of drug-likeness (QED) is 0.886. The maximum atomic E-state index is 11.9. The minimum atomic E-state index is -3.31. The summed E-state index contributed by atoms with van der Waals surface area (Å²) in [5, 5.41) is 5.84. The maximum absolute atomic E-state index is 11.9. The van der Waals surface area contributed by atoms with Crippen LogP contribution in [0.15, 0.2) is 52.2 Å². The minimum absolute atomic E-state index is 0.0137. The van der Waals surface area contributed by atoms with Crippen molar-refractivity contribution >= 4 is 27.3 Å². The van der Waals surface area contributed by atoms with Crippen molar-refractivity contribution in [3.05, 3.63) is 54.0 Å². The van der Waals surface area contributed by atoms with E-state index in [1.54, 1.807) is 43.5 Å². The van der Waals surface area contributed by atoms with Crippen molar-refractivity contribution in [1.82, 2.24) is 5.01 Å². The summed E-state index contributed by atoms with van der Waals surface area (Å²) in [6.07, 6.45) is 2.10. The van der Waals surface area contributed by atoms with Crippen molar-refractivity contribution in [2.24, 2.45) is 5.10 Å². The number of nitrogens with one attached hydrogen (secondary N) is 1. The van der Waals surface area contributed by atoms with Crippen LogP contribution in [-0.2, 0) is 14.8 Å². The smallest absolute Gasteiger partial charge is 0.240 e. The van der Waals surface area contributed by atoms with Gasteiger partial charge in [-0.25, -0.2) is 13.4 Å². The number of carbonyl (C=O) groups excluding carboxylic acids is 1. The van der Waals surface area contributed by atoms with Crippen LogP contribution in [0.2, 0.25) is 0 Å². The first-order chi connectivity index (χ1) is 11.9. The van der Waals surface area contributed by atoms with Gasteiger partial charge in [0.1, 0.15) is 11.8 Å². The molecule has 1 aromatic carbocycles. The van der Waals surface area contributed by atoms with Gasteiger partial charge in [-0.1, -0.05) is 12.1 Å². The summed E-state index contributed by atoms with van der Waals surface area (Å²) in [4.78, 5) is 11.9. The van der Waals surface area contributed by atoms with Crippen LogP contribution in [0.5, 0.6) is 0 Å². The second-order valence-electron chi connectivity index (χ2n) is 5.73. The van der Waals surface area contributed by atoms with Gasteiger partial charge in [-0.2, -0.15) is 5.10 Å². The Labute approximate surface area is 146 Å². The molecule has 0 saturated heterocycles. The molecule has 7 nitrogen and oxygen atoms in total. The van der Waals surface area contributed by atoms with Crippen molar-refractivity contribution in [3.8, 4) is 0 Å². The third-order valence-corrected chi connectivity index (χ3v) is 5.28. The van der Waals surface area contributed by atoms with Gasteiger partial charge in [-0.3, -0.25) is 9.52 Å². The van der Waals surface area contributed by atoms with Crippen LogP contribution in [0.4, 0.5) is 5.69 Å². The Hall–Kier alpha value is -2.61. The molecule has 0 saturated carbocycles. The van der Waals surface area contributed by atoms with E-state index in [0.717, 1.165) is 11.3 Å². The molecule has 0 spiro atoms. The van der Waals surface area contributed by atoms with Crippen LogP contribution in [-0.4, -0.2) is 30.8 Å². The van der Waals surface area contributed by atoms with E-state index in [-0.39, 0.29) is 17.7 Å². The van der Waals surface area contributed by atoms with Gasteiger partial charge in [-0.05, 0) is 36.8 Å². The molecule has 0 unspecified atom stereocenters. The van der Waals surface area contributed by atoms with E-state index in [2.05, 4.69) is 9.82 Å². The van der Waals surface area contributed by atoms with Crippen molar-refractivity contribution in [2.75, 3.05) is 10.5 Å². The van der Waals surface area contributed by atoms with Crippen molar-refractivity contribution in [2.45, 2.75) is 26.3 Å². The largest absolute Gasteiger partial charge is 0.467 e. The number of furan rings is 1. The van der Waals surface area contributed by atoms with Gasteiger partial charge in [0.2, 0.25) is 15.9 Å². The third kappa shape index (κ3) is 3.74. The van der Waals surface area contributed by atoms with Crippen LogP contribution in [0.1, 0.15) is 37.6 Å². The fourth-order valence-corrected chi connectivity index (χ4v) is 3.30. The molecule has 0 radical (unpaired) electrons. The highest BCUT2D eigenvalue weighted by Crippen LogP contribution is 2.33. The molecule has 8 heteroatoms. The van der Waals surface area contributed by atoms with E-state index in [4.69, 9.17) is 4.42 Å². The highest BCUT2D eigenvalue weighted by atomic mass is 32.2. The maximum Gasteiger partial charge on any atom is 0.240 e. The summed E-state index contributed by atoms with van der Waals surface area (Å²) < 4.78 is 31.1. The molecule has 132 valence electrons. The number of sulfonamides is 1. The van der Waals surface area contributed by atoms with Gasteiger partial charge in [-0.15, -0.1) is 0 Å². The summed E-state index contributed by atoms with van der Waals surface area (Å²) in [7, 11) is -3.31. The Morgan fingerprint density at radius 2 is 2.04 bits per heavy atom. The number of anilines is 1. The molecule has 2 aromatic rings. The predicted octanol–water partition coefficient (Wildman–Crippen LogP) is 2.74. The number of nitrogens with zero attached hydrogens (tertiary/aromatic N) is 2. The van der Waals surface area contributed by atoms with Crippen LogP contribution in [0.25, 0.3) is 0 Å². The van der Waals surface area contributed by atoms with Crippen LogP contribution < -0.4 is 4.72 Å². The Bertz CT molecular complexity index is 886. The summed E-state index contributed by atoms with van der Waals surface area (Å²) in [5.74, 6) is 0.532. The standard InChI is InChI=1S/C17H19N3O4S/c1-3-25(22,23)19-14-8-6-13(7-9-14)15-11-16(17-5-4-10-24-17)20(18-15)12(2)21/h4-10,16,19H,3,11H2,1-2H3/t16-/m0/s1. The number of hydrogen-bond donors (Lipinski definition) is 1. The number of rotatable bonds is 5. The number of carbonyl (C=O) groups is 1. The van der Waals surface area contributed by atoms with Crippen LogP contribution in [0, 0.1) is 0 Å². The zero-order valence-electron chi connectivity index (χ0n) is 14.0. The predicted molar refractivity (Wildman–Crippen MR) is 94.6 cm³/mol. The molecule has 1 amide bonds. The van der Waals surface area contributed by atoms with Crippen LogP contribution >= 0.6 is 0 Å². The van der Waals surface area contributed by atoms with Gasteiger partial charge in [0.15, 0.2) is 0 Å². The monoisotopic (exact) mass is 361 g/mol. The van der Waals surface area contributed by atoms with Crippen molar-refractivity contribution in [3.63, 3.8) is 0 Å². The Morgan fingerprint density at radius 3 is 2.60 bits per heavy atom. The van der Waals surface area contributed by atoms with E-state index in [1.165, 1.54) is 11.9 Å². The molecule has 3 rings (SSSR count). The van der Waals surface area contributed by atoms with E-state index in [1.807, 2.05) is 6.07 Å². The topological polar surface area (TPSA) is 92.0 Å². The molecule has 25 heavy (non-hydrogen) atoms. The zero-order chi connectivity index (χ0) is 18.0. The summed E-state index contributed by atoms with van der Waals surface area (Å²) >= 11 is 0. The first-order valence-corrected chi connectivity index (χ1v) is 9.56. The molecule has 0 fully saturated rings. The lowest BCUT2D eigenvalue weighted by atomic mass is 10.0. The van der Waals surface area contributed by atoms with E-state index < -0.39 is 10.0 Å². The molecule has 1 N–H and O–H groups in total. The fourth-order valence-electron chi connectivity index (χ4n) is 2.66. The van der Waals surface area contributed by atoms with Gasteiger partial charge in [0.05, 0.1) is 17.7 Å². The van der Waals surface area contributed by atoms with Gasteiger partial charge in [0.25, 0.3) is 0 Å². The molecular formula is C17H19N3O4S. The highest BCUT2D eigenvalue weighted by molar-refractivity contribution is 7.92. The first-order valence-electron chi connectivity index (χ1n) is 7.91. The lowest BCUT2D eigenvalue weighted by molar-refractivity contribution is -0.130.